The fourth-order valence-corrected chi connectivity index (χ4v) is 1.03. The van der Waals surface area contributed by atoms with Gasteiger partial charge in [0, 0.05) is 0 Å². The van der Waals surface area contributed by atoms with E-state index in [0.29, 0.717) is 0 Å². The van der Waals surface area contributed by atoms with Crippen LogP contribution in [0.15, 0.2) is 35.8 Å². The lowest BCUT2D eigenvalue weighted by atomic mass is 10.1. The minimum absolute atomic E-state index is 0.924. The molecule has 1 nitrogen and oxygen atoms in total. The summed E-state index contributed by atoms with van der Waals surface area (Å²) in [6.45, 7) is 4.61. The van der Waals surface area contributed by atoms with Crippen molar-refractivity contribution in [2.45, 2.75) is 0 Å². The topological polar surface area (TPSA) is 12.4 Å². The lowest BCUT2D eigenvalue weighted by Crippen LogP contribution is -1.85. The van der Waals surface area contributed by atoms with Crippen molar-refractivity contribution in [2.75, 3.05) is 6.54 Å². The number of benzene rings is 1. The van der Waals surface area contributed by atoms with Crippen LogP contribution in [0.1, 0.15) is 11.1 Å². The molecule has 0 spiro atoms. The third-order valence-corrected chi connectivity index (χ3v) is 1.80. The maximum atomic E-state index is 4.12. The fraction of sp³-hybridized carbons (Fsp3) is 0.100. The van der Waals surface area contributed by atoms with E-state index >= 15 is 0 Å². The van der Waals surface area contributed by atoms with Gasteiger partial charge in [0.05, 0.1) is 12.3 Å². The van der Waals surface area contributed by atoms with E-state index in [9.17, 15) is 0 Å². The summed E-state index contributed by atoms with van der Waals surface area (Å²) in [5.74, 6) is 0. The molecule has 0 saturated heterocycles. The molecule has 0 saturated carbocycles. The largest absolute Gasteiger partial charge is 0.281 e. The molecule has 54 valence electrons. The summed E-state index contributed by atoms with van der Waals surface area (Å²) in [6, 6.07) is 8.29. The van der Waals surface area contributed by atoms with Gasteiger partial charge in [-0.25, -0.2) is 0 Å². The highest BCUT2D eigenvalue weighted by atomic mass is 14.9. The van der Waals surface area contributed by atoms with E-state index in [2.05, 4.69) is 35.8 Å². The molecule has 1 heterocycles. The molecular formula is C10H9N. The second kappa shape index (κ2) is 2.35. The van der Waals surface area contributed by atoms with Gasteiger partial charge in [-0.2, -0.15) is 0 Å². The van der Waals surface area contributed by atoms with E-state index in [-0.39, 0.29) is 0 Å². The standard InChI is InChI=1S/C10H9N/c1-2-8-3-5-9(6-4-8)10-7-11-10/h2-6H,1,7H2. The lowest BCUT2D eigenvalue weighted by Gasteiger charge is -1.93. The van der Waals surface area contributed by atoms with Gasteiger partial charge in [-0.3, -0.25) is 4.99 Å². The molecule has 11 heavy (non-hydrogen) atoms. The summed E-state index contributed by atoms with van der Waals surface area (Å²) in [5.41, 5.74) is 3.63. The molecule has 0 aromatic heterocycles. The predicted octanol–water partition coefficient (Wildman–Crippen LogP) is 2.13. The zero-order valence-corrected chi connectivity index (χ0v) is 6.25. The molecule has 1 aromatic rings. The predicted molar refractivity (Wildman–Crippen MR) is 47.9 cm³/mol. The van der Waals surface area contributed by atoms with Gasteiger partial charge in [-0.15, -0.1) is 0 Å². The second-order valence-electron chi connectivity index (χ2n) is 2.59. The van der Waals surface area contributed by atoms with Crippen molar-refractivity contribution in [1.29, 1.82) is 0 Å². The molecule has 0 fully saturated rings. The molecule has 0 bridgehead atoms. The van der Waals surface area contributed by atoms with Crippen LogP contribution in [0.2, 0.25) is 0 Å². The van der Waals surface area contributed by atoms with Crippen molar-refractivity contribution in [3.05, 3.63) is 42.0 Å². The first-order chi connectivity index (χ1) is 5.40. The van der Waals surface area contributed by atoms with Crippen LogP contribution in [0, 0.1) is 0 Å². The SMILES string of the molecule is C=Cc1ccc(C2=NC2)cc1. The van der Waals surface area contributed by atoms with Crippen LogP contribution in [-0.2, 0) is 0 Å². The van der Waals surface area contributed by atoms with Crippen LogP contribution in [0.4, 0.5) is 0 Å². The number of hydrogen-bond acceptors (Lipinski definition) is 1. The highest BCUT2D eigenvalue weighted by Crippen LogP contribution is 2.12. The Balaban J connectivity index is 2.33. The lowest BCUT2D eigenvalue weighted by molar-refractivity contribution is 1.57. The van der Waals surface area contributed by atoms with Crippen molar-refractivity contribution in [3.63, 3.8) is 0 Å². The Kier molecular flexibility index (Phi) is 1.35. The van der Waals surface area contributed by atoms with E-state index in [1.807, 2.05) is 6.08 Å². The molecule has 1 aliphatic rings. The van der Waals surface area contributed by atoms with Crippen molar-refractivity contribution >= 4 is 11.8 Å². The van der Waals surface area contributed by atoms with E-state index < -0.39 is 0 Å². The van der Waals surface area contributed by atoms with Gasteiger partial charge in [0.2, 0.25) is 0 Å². The van der Waals surface area contributed by atoms with Crippen molar-refractivity contribution in [1.82, 2.24) is 0 Å². The molecule has 0 N–H and O–H groups in total. The first kappa shape index (κ1) is 6.35. The Morgan fingerprint density at radius 2 is 1.91 bits per heavy atom. The Morgan fingerprint density at radius 3 is 2.36 bits per heavy atom. The molecule has 0 unspecified atom stereocenters. The molecule has 2 rings (SSSR count). The highest BCUT2D eigenvalue weighted by molar-refractivity contribution is 6.10. The Bertz CT molecular complexity index is 306. The maximum Gasteiger partial charge on any atom is 0.0817 e. The van der Waals surface area contributed by atoms with Gasteiger partial charge in [-0.05, 0) is 11.1 Å². The van der Waals surface area contributed by atoms with Crippen molar-refractivity contribution in [2.24, 2.45) is 4.99 Å². The van der Waals surface area contributed by atoms with Crippen molar-refractivity contribution in [3.8, 4) is 0 Å². The average Bonchev–Trinajstić information content (AvgIpc) is 2.87. The normalized spacial score (nSPS) is 14.0. The summed E-state index contributed by atoms with van der Waals surface area (Å²) in [7, 11) is 0. The second-order valence-corrected chi connectivity index (χ2v) is 2.59. The van der Waals surface area contributed by atoms with E-state index in [0.717, 1.165) is 12.1 Å². The van der Waals surface area contributed by atoms with Crippen LogP contribution in [0.25, 0.3) is 6.08 Å². The molecule has 0 radical (unpaired) electrons. The molecule has 0 amide bonds. The summed E-state index contributed by atoms with van der Waals surface area (Å²) >= 11 is 0. The summed E-state index contributed by atoms with van der Waals surface area (Å²) in [5, 5.41) is 0. The van der Waals surface area contributed by atoms with Crippen LogP contribution in [0.3, 0.4) is 0 Å². The number of aliphatic imine (C=N–C) groups is 1. The molecule has 1 heteroatoms. The Morgan fingerprint density at radius 1 is 1.27 bits per heavy atom. The van der Waals surface area contributed by atoms with Crippen LogP contribution in [-0.4, -0.2) is 12.3 Å². The van der Waals surface area contributed by atoms with Gasteiger partial charge in [-0.1, -0.05) is 36.9 Å². The maximum absolute atomic E-state index is 4.12. The van der Waals surface area contributed by atoms with Crippen LogP contribution < -0.4 is 0 Å². The monoisotopic (exact) mass is 143 g/mol. The first-order valence-corrected chi connectivity index (χ1v) is 3.66. The number of rotatable bonds is 2. The number of hydrogen-bond donors (Lipinski definition) is 0. The fourth-order valence-electron chi connectivity index (χ4n) is 1.03. The van der Waals surface area contributed by atoms with Gasteiger partial charge in [0.25, 0.3) is 0 Å². The smallest absolute Gasteiger partial charge is 0.0817 e. The summed E-state index contributed by atoms with van der Waals surface area (Å²) in [4.78, 5) is 4.12. The zero-order chi connectivity index (χ0) is 7.68. The van der Waals surface area contributed by atoms with Crippen LogP contribution >= 0.6 is 0 Å². The van der Waals surface area contributed by atoms with Gasteiger partial charge in [0.15, 0.2) is 0 Å². The zero-order valence-electron chi connectivity index (χ0n) is 6.25. The van der Waals surface area contributed by atoms with Crippen molar-refractivity contribution < 1.29 is 0 Å². The quantitative estimate of drug-likeness (QED) is 0.601. The first-order valence-electron chi connectivity index (χ1n) is 3.66. The third-order valence-electron chi connectivity index (χ3n) is 1.80. The minimum atomic E-state index is 0.924. The summed E-state index contributed by atoms with van der Waals surface area (Å²) in [6.07, 6.45) is 1.85. The van der Waals surface area contributed by atoms with Gasteiger partial charge >= 0.3 is 0 Å². The molecule has 0 aliphatic carbocycles. The van der Waals surface area contributed by atoms with Gasteiger partial charge in [0.1, 0.15) is 0 Å². The molecule has 0 atom stereocenters. The van der Waals surface area contributed by atoms with E-state index in [1.165, 1.54) is 11.3 Å². The summed E-state index contributed by atoms with van der Waals surface area (Å²) < 4.78 is 0. The van der Waals surface area contributed by atoms with Gasteiger partial charge < -0.3 is 0 Å². The Labute approximate surface area is 66.1 Å². The highest BCUT2D eigenvalue weighted by Gasteiger charge is 2.10. The van der Waals surface area contributed by atoms with E-state index in [1.54, 1.807) is 0 Å². The van der Waals surface area contributed by atoms with Crippen LogP contribution in [0.5, 0.6) is 0 Å². The minimum Gasteiger partial charge on any atom is -0.281 e. The number of nitrogens with zero attached hydrogens (tertiary/aromatic N) is 1. The molecule has 1 aromatic carbocycles. The Hall–Kier alpha value is -1.37. The van der Waals surface area contributed by atoms with E-state index in [4.69, 9.17) is 0 Å². The molecular weight excluding hydrogens is 134 g/mol. The average molecular weight is 143 g/mol. The molecule has 1 aliphatic heterocycles. The third kappa shape index (κ3) is 1.22.